The minimum Gasteiger partial charge on any atom is -0.478 e. The lowest BCUT2D eigenvalue weighted by Gasteiger charge is -2.09. The molecule has 0 fully saturated rings. The van der Waals surface area contributed by atoms with E-state index in [0.29, 0.717) is 0 Å². The van der Waals surface area contributed by atoms with E-state index in [1.54, 1.807) is 0 Å². The summed E-state index contributed by atoms with van der Waals surface area (Å²) in [5, 5.41) is 8.11. The Morgan fingerprint density at radius 2 is 2.00 bits per heavy atom. The number of halogens is 1. The molecule has 0 unspecified atom stereocenters. The van der Waals surface area contributed by atoms with Gasteiger partial charge in [-0.1, -0.05) is 0 Å². The van der Waals surface area contributed by atoms with Gasteiger partial charge in [0.15, 0.2) is 9.84 Å². The van der Waals surface area contributed by atoms with Gasteiger partial charge in [0.1, 0.15) is 5.82 Å². The quantitative estimate of drug-likeness (QED) is 0.896. The number of aromatic carboxylic acids is 1. The molecule has 1 N–H and O–H groups in total. The Bertz CT molecular complexity index is 534. The molecule has 17 heavy (non-hydrogen) atoms. The number of sulfone groups is 1. The lowest BCUT2D eigenvalue weighted by Crippen LogP contribution is -2.17. The zero-order valence-electron chi connectivity index (χ0n) is 9.47. The molecule has 0 radical (unpaired) electrons. The average Bonchev–Trinajstić information content (AvgIpc) is 2.20. The van der Waals surface area contributed by atoms with E-state index in [2.05, 4.69) is 0 Å². The molecular formula is C11H13FO4S. The van der Waals surface area contributed by atoms with Crippen LogP contribution < -0.4 is 0 Å². The minimum absolute atomic E-state index is 0.112. The fraction of sp³-hybridized carbons (Fsp3) is 0.364. The molecule has 0 aliphatic heterocycles. The second-order valence-electron chi connectivity index (χ2n) is 3.97. The summed E-state index contributed by atoms with van der Waals surface area (Å²) in [6, 6.07) is 3.12. The van der Waals surface area contributed by atoms with E-state index >= 15 is 0 Å². The molecule has 0 aromatic heterocycles. The highest BCUT2D eigenvalue weighted by Gasteiger charge is 2.20. The maximum Gasteiger partial charge on any atom is 0.335 e. The molecule has 4 nitrogen and oxygen atoms in total. The third kappa shape index (κ3) is 3.26. The smallest absolute Gasteiger partial charge is 0.335 e. The zero-order valence-corrected chi connectivity index (χ0v) is 10.3. The number of benzene rings is 1. The van der Waals surface area contributed by atoms with Gasteiger partial charge in [0.2, 0.25) is 0 Å². The number of rotatable bonds is 4. The summed E-state index contributed by atoms with van der Waals surface area (Å²) in [6.45, 7) is 2.99. The van der Waals surface area contributed by atoms with Crippen molar-refractivity contribution in [3.8, 4) is 0 Å². The van der Waals surface area contributed by atoms with E-state index in [9.17, 15) is 17.6 Å². The molecule has 0 saturated carbocycles. The van der Waals surface area contributed by atoms with Crippen LogP contribution in [0.5, 0.6) is 0 Å². The Morgan fingerprint density at radius 1 is 1.41 bits per heavy atom. The van der Waals surface area contributed by atoms with Gasteiger partial charge in [0, 0.05) is 5.56 Å². The first kappa shape index (κ1) is 13.6. The van der Waals surface area contributed by atoms with Gasteiger partial charge in [-0.15, -0.1) is 0 Å². The first-order valence-electron chi connectivity index (χ1n) is 4.97. The van der Waals surface area contributed by atoms with Crippen LogP contribution in [0.25, 0.3) is 0 Å². The molecule has 0 aliphatic carbocycles. The van der Waals surface area contributed by atoms with Crippen LogP contribution in [0.2, 0.25) is 0 Å². The molecular weight excluding hydrogens is 247 g/mol. The van der Waals surface area contributed by atoms with Gasteiger partial charge in [-0.3, -0.25) is 0 Å². The van der Waals surface area contributed by atoms with E-state index in [4.69, 9.17) is 5.11 Å². The first-order chi connectivity index (χ1) is 7.74. The molecule has 1 aromatic carbocycles. The highest BCUT2D eigenvalue weighted by Crippen LogP contribution is 2.16. The molecule has 6 heteroatoms. The maximum absolute atomic E-state index is 13.4. The highest BCUT2D eigenvalue weighted by molar-refractivity contribution is 7.91. The molecule has 1 rings (SSSR count). The lowest BCUT2D eigenvalue weighted by atomic mass is 10.1. The van der Waals surface area contributed by atoms with E-state index in [-0.39, 0.29) is 11.1 Å². The summed E-state index contributed by atoms with van der Waals surface area (Å²) in [5.41, 5.74) is -0.237. The highest BCUT2D eigenvalue weighted by atomic mass is 32.2. The van der Waals surface area contributed by atoms with Crippen molar-refractivity contribution in [3.63, 3.8) is 0 Å². The summed E-state index contributed by atoms with van der Waals surface area (Å²) in [5.74, 6) is -2.41. The minimum atomic E-state index is -3.45. The Balaban J connectivity index is 3.15. The Kier molecular flexibility index (Phi) is 3.87. The van der Waals surface area contributed by atoms with Crippen LogP contribution in [0.1, 0.15) is 29.8 Å². The second-order valence-corrected chi connectivity index (χ2v) is 6.52. The third-order valence-corrected chi connectivity index (χ3v) is 4.52. The fourth-order valence-corrected chi connectivity index (χ4v) is 2.19. The van der Waals surface area contributed by atoms with Crippen LogP contribution in [0.4, 0.5) is 4.39 Å². The maximum atomic E-state index is 13.4. The van der Waals surface area contributed by atoms with Crippen molar-refractivity contribution in [2.45, 2.75) is 24.9 Å². The molecule has 1 aromatic rings. The van der Waals surface area contributed by atoms with Crippen LogP contribution in [0.3, 0.4) is 0 Å². The van der Waals surface area contributed by atoms with Crippen molar-refractivity contribution in [2.24, 2.45) is 0 Å². The van der Waals surface area contributed by atoms with E-state index in [1.165, 1.54) is 13.8 Å². The predicted octanol–water partition coefficient (Wildman–Crippen LogP) is 1.85. The van der Waals surface area contributed by atoms with Crippen molar-refractivity contribution < 1.29 is 22.7 Å². The summed E-state index contributed by atoms with van der Waals surface area (Å²) < 4.78 is 36.6. The summed E-state index contributed by atoms with van der Waals surface area (Å²) in [6.07, 6.45) is 0. The third-order valence-electron chi connectivity index (χ3n) is 2.37. The van der Waals surface area contributed by atoms with Crippen molar-refractivity contribution in [2.75, 3.05) is 0 Å². The SMILES string of the molecule is CC(C)S(=O)(=O)Cc1cc(C(=O)O)ccc1F. The van der Waals surface area contributed by atoms with E-state index in [0.717, 1.165) is 18.2 Å². The zero-order chi connectivity index (χ0) is 13.2. The molecule has 0 aliphatic rings. The van der Waals surface area contributed by atoms with Crippen LogP contribution >= 0.6 is 0 Å². The lowest BCUT2D eigenvalue weighted by molar-refractivity contribution is 0.0696. The average molecular weight is 260 g/mol. The Labute approximate surface area is 99.0 Å². The van der Waals surface area contributed by atoms with Gasteiger partial charge in [-0.2, -0.15) is 0 Å². The number of hydrogen-bond donors (Lipinski definition) is 1. The topological polar surface area (TPSA) is 71.4 Å². The van der Waals surface area contributed by atoms with Crippen LogP contribution in [0, 0.1) is 5.82 Å². The van der Waals surface area contributed by atoms with E-state index < -0.39 is 32.6 Å². The predicted molar refractivity (Wildman–Crippen MR) is 61.1 cm³/mol. The number of carboxylic acids is 1. The van der Waals surface area contributed by atoms with Gasteiger partial charge < -0.3 is 5.11 Å². The summed E-state index contributed by atoms with van der Waals surface area (Å²) in [7, 11) is -3.45. The van der Waals surface area contributed by atoms with Gasteiger partial charge in [-0.25, -0.2) is 17.6 Å². The van der Waals surface area contributed by atoms with Gasteiger partial charge >= 0.3 is 5.97 Å². The van der Waals surface area contributed by atoms with Crippen molar-refractivity contribution in [1.82, 2.24) is 0 Å². The second kappa shape index (κ2) is 4.83. The van der Waals surface area contributed by atoms with Crippen molar-refractivity contribution in [1.29, 1.82) is 0 Å². The molecule has 0 amide bonds. The van der Waals surface area contributed by atoms with Crippen LogP contribution in [0.15, 0.2) is 18.2 Å². The number of carboxylic acid groups (broad SMARTS) is 1. The molecule has 0 bridgehead atoms. The summed E-state index contributed by atoms with van der Waals surface area (Å²) in [4.78, 5) is 10.7. The van der Waals surface area contributed by atoms with Gasteiger partial charge in [0.05, 0.1) is 16.6 Å². The van der Waals surface area contributed by atoms with Crippen molar-refractivity contribution in [3.05, 3.63) is 35.1 Å². The number of hydrogen-bond acceptors (Lipinski definition) is 3. The first-order valence-corrected chi connectivity index (χ1v) is 6.69. The normalized spacial score (nSPS) is 11.8. The molecule has 0 heterocycles. The molecule has 0 saturated heterocycles. The van der Waals surface area contributed by atoms with Crippen molar-refractivity contribution >= 4 is 15.8 Å². The van der Waals surface area contributed by atoms with Gasteiger partial charge in [-0.05, 0) is 32.0 Å². The monoisotopic (exact) mass is 260 g/mol. The van der Waals surface area contributed by atoms with Crippen LogP contribution in [-0.4, -0.2) is 24.7 Å². The number of carbonyl (C=O) groups is 1. The molecule has 0 spiro atoms. The Hall–Kier alpha value is -1.43. The van der Waals surface area contributed by atoms with E-state index in [1.807, 2.05) is 0 Å². The molecule has 94 valence electrons. The summed E-state index contributed by atoms with van der Waals surface area (Å²) >= 11 is 0. The fourth-order valence-electron chi connectivity index (χ4n) is 1.20. The van der Waals surface area contributed by atoms with Crippen LogP contribution in [-0.2, 0) is 15.6 Å². The molecule has 0 atom stereocenters. The Morgan fingerprint density at radius 3 is 2.47 bits per heavy atom. The van der Waals surface area contributed by atoms with Gasteiger partial charge in [0.25, 0.3) is 0 Å². The largest absolute Gasteiger partial charge is 0.478 e. The standard InChI is InChI=1S/C11H13FO4S/c1-7(2)17(15,16)6-9-5-8(11(13)14)3-4-10(9)12/h3-5,7H,6H2,1-2H3,(H,13,14).